The molecular weight excluding hydrogens is 298 g/mol. The minimum Gasteiger partial charge on any atom is -0.326 e. The summed E-state index contributed by atoms with van der Waals surface area (Å²) in [5, 5.41) is 7.79. The summed E-state index contributed by atoms with van der Waals surface area (Å²) in [4.78, 5) is 15.9. The Morgan fingerprint density at radius 2 is 2.10 bits per heavy atom. The Balaban J connectivity index is 2.64. The van der Waals surface area contributed by atoms with E-state index < -0.39 is 10.0 Å². The Morgan fingerprint density at radius 1 is 1.40 bits per heavy atom. The summed E-state index contributed by atoms with van der Waals surface area (Å²) in [6.45, 7) is 3.14. The highest BCUT2D eigenvalue weighted by atomic mass is 32.2. The average Bonchev–Trinajstić information content (AvgIpc) is 2.73. The highest BCUT2D eigenvalue weighted by Gasteiger charge is 2.19. The van der Waals surface area contributed by atoms with Gasteiger partial charge < -0.3 is 5.32 Å². The van der Waals surface area contributed by atoms with Crippen molar-refractivity contribution in [2.24, 2.45) is 5.14 Å². The van der Waals surface area contributed by atoms with Crippen LogP contribution >= 0.6 is 11.3 Å². The van der Waals surface area contributed by atoms with E-state index in [1.165, 1.54) is 24.3 Å². The zero-order valence-electron chi connectivity index (χ0n) is 10.9. The number of nitrogens with two attached hydrogens (primary N) is 1. The summed E-state index contributed by atoms with van der Waals surface area (Å²) >= 11 is 1.33. The minimum atomic E-state index is -3.91. The molecule has 0 bridgehead atoms. The number of amides is 1. The van der Waals surface area contributed by atoms with Crippen LogP contribution in [-0.4, -0.2) is 19.3 Å². The molecule has 0 radical (unpaired) electrons. The number of hydrogen-bond donors (Lipinski definition) is 2. The van der Waals surface area contributed by atoms with Crippen LogP contribution in [0.25, 0.3) is 10.4 Å². The van der Waals surface area contributed by atoms with Crippen LogP contribution in [0.15, 0.2) is 28.6 Å². The Kier molecular flexibility index (Phi) is 3.89. The van der Waals surface area contributed by atoms with Gasteiger partial charge in [0.15, 0.2) is 0 Å². The van der Waals surface area contributed by atoms with Crippen LogP contribution in [0.2, 0.25) is 0 Å². The van der Waals surface area contributed by atoms with Crippen molar-refractivity contribution in [1.82, 2.24) is 4.98 Å². The van der Waals surface area contributed by atoms with Gasteiger partial charge in [0, 0.05) is 18.2 Å². The minimum absolute atomic E-state index is 0.0314. The number of aryl methyl sites for hydroxylation is 1. The van der Waals surface area contributed by atoms with E-state index in [0.29, 0.717) is 11.3 Å². The molecule has 0 unspecified atom stereocenters. The largest absolute Gasteiger partial charge is 0.326 e. The number of rotatable bonds is 3. The predicted molar refractivity (Wildman–Crippen MR) is 78.0 cm³/mol. The van der Waals surface area contributed by atoms with Crippen molar-refractivity contribution in [3.63, 3.8) is 0 Å². The summed E-state index contributed by atoms with van der Waals surface area (Å²) in [5.41, 5.74) is 3.24. The van der Waals surface area contributed by atoms with Crippen molar-refractivity contribution in [1.29, 1.82) is 0 Å². The number of nitrogens with zero attached hydrogens (tertiary/aromatic N) is 1. The third-order valence-electron chi connectivity index (χ3n) is 2.60. The average molecular weight is 311 g/mol. The highest BCUT2D eigenvalue weighted by molar-refractivity contribution is 7.89. The van der Waals surface area contributed by atoms with E-state index in [-0.39, 0.29) is 10.8 Å². The maximum absolute atomic E-state index is 11.7. The smallest absolute Gasteiger partial charge is 0.238 e. The molecule has 0 saturated heterocycles. The maximum Gasteiger partial charge on any atom is 0.238 e. The lowest BCUT2D eigenvalue weighted by Gasteiger charge is -2.10. The molecule has 0 aliphatic heterocycles. The fraction of sp³-hybridized carbons (Fsp3) is 0.167. The van der Waals surface area contributed by atoms with Gasteiger partial charge in [-0.15, -0.1) is 11.3 Å². The third kappa shape index (κ3) is 3.03. The van der Waals surface area contributed by atoms with Crippen LogP contribution < -0.4 is 10.5 Å². The van der Waals surface area contributed by atoms with Crippen molar-refractivity contribution in [2.45, 2.75) is 18.7 Å². The van der Waals surface area contributed by atoms with Gasteiger partial charge in [-0.2, -0.15) is 0 Å². The lowest BCUT2D eigenvalue weighted by molar-refractivity contribution is -0.114. The first-order chi connectivity index (χ1) is 9.29. The fourth-order valence-electron chi connectivity index (χ4n) is 1.79. The number of thiazole rings is 1. The van der Waals surface area contributed by atoms with Gasteiger partial charge in [0.05, 0.1) is 21.0 Å². The van der Waals surface area contributed by atoms with Crippen LogP contribution in [0.5, 0.6) is 0 Å². The molecule has 106 valence electrons. The van der Waals surface area contributed by atoms with Crippen LogP contribution in [0.1, 0.15) is 12.6 Å². The van der Waals surface area contributed by atoms with Crippen LogP contribution in [0, 0.1) is 6.92 Å². The molecule has 1 aromatic heterocycles. The normalized spacial score (nSPS) is 11.3. The molecule has 1 amide bonds. The van der Waals surface area contributed by atoms with Crippen molar-refractivity contribution < 1.29 is 13.2 Å². The second-order valence-corrected chi connectivity index (χ2v) is 6.59. The van der Waals surface area contributed by atoms with Crippen LogP contribution in [0.3, 0.4) is 0 Å². The number of benzene rings is 1. The SMILES string of the molecule is CC(=O)Nc1ccc(-c2scnc2C)c(S(N)(=O)=O)c1. The molecule has 3 N–H and O–H groups in total. The van der Waals surface area contributed by atoms with E-state index >= 15 is 0 Å². The second-order valence-electron chi connectivity index (χ2n) is 4.20. The highest BCUT2D eigenvalue weighted by Crippen LogP contribution is 2.33. The third-order valence-corrected chi connectivity index (χ3v) is 4.51. The van der Waals surface area contributed by atoms with Gasteiger partial charge in [0.1, 0.15) is 0 Å². The fourth-order valence-corrected chi connectivity index (χ4v) is 3.46. The van der Waals surface area contributed by atoms with E-state index in [1.807, 2.05) is 0 Å². The standard InChI is InChI=1S/C12H13N3O3S2/c1-7-12(19-6-14-7)10-4-3-9(15-8(2)16)5-11(10)20(13,17)18/h3-6H,1-2H3,(H,15,16)(H2,13,17,18). The zero-order valence-corrected chi connectivity index (χ0v) is 12.5. The maximum atomic E-state index is 11.7. The number of primary sulfonamides is 1. The molecule has 1 heterocycles. The van der Waals surface area contributed by atoms with Gasteiger partial charge >= 0.3 is 0 Å². The number of sulfonamides is 1. The summed E-state index contributed by atoms with van der Waals surface area (Å²) < 4.78 is 23.5. The van der Waals surface area contributed by atoms with E-state index in [2.05, 4.69) is 10.3 Å². The quantitative estimate of drug-likeness (QED) is 0.901. The van der Waals surface area contributed by atoms with Crippen molar-refractivity contribution >= 4 is 33.0 Å². The zero-order chi connectivity index (χ0) is 14.9. The van der Waals surface area contributed by atoms with Gasteiger partial charge in [-0.05, 0) is 19.1 Å². The number of carbonyl (C=O) groups is 1. The van der Waals surface area contributed by atoms with E-state index in [9.17, 15) is 13.2 Å². The summed E-state index contributed by atoms with van der Waals surface area (Å²) in [7, 11) is -3.91. The number of hydrogen-bond acceptors (Lipinski definition) is 5. The first-order valence-electron chi connectivity index (χ1n) is 5.64. The Hall–Kier alpha value is -1.77. The lowest BCUT2D eigenvalue weighted by Crippen LogP contribution is -2.14. The number of aromatic nitrogens is 1. The molecule has 0 atom stereocenters. The number of anilines is 1. The van der Waals surface area contributed by atoms with Crippen LogP contribution in [-0.2, 0) is 14.8 Å². The van der Waals surface area contributed by atoms with Crippen LogP contribution in [0.4, 0.5) is 5.69 Å². The van der Waals surface area contributed by atoms with E-state index in [1.54, 1.807) is 24.6 Å². The molecular formula is C12H13N3O3S2. The molecule has 6 nitrogen and oxygen atoms in total. The van der Waals surface area contributed by atoms with Crippen molar-refractivity contribution in [3.05, 3.63) is 29.4 Å². The van der Waals surface area contributed by atoms with Crippen molar-refractivity contribution in [3.8, 4) is 10.4 Å². The summed E-state index contributed by atoms with van der Waals surface area (Å²) in [6, 6.07) is 4.60. The Bertz CT molecular complexity index is 766. The van der Waals surface area contributed by atoms with Gasteiger partial charge in [-0.3, -0.25) is 4.79 Å². The second kappa shape index (κ2) is 5.31. The van der Waals surface area contributed by atoms with Gasteiger partial charge in [0.25, 0.3) is 0 Å². The molecule has 20 heavy (non-hydrogen) atoms. The van der Waals surface area contributed by atoms with E-state index in [0.717, 1.165) is 10.6 Å². The monoisotopic (exact) mass is 311 g/mol. The Morgan fingerprint density at radius 3 is 2.60 bits per heavy atom. The molecule has 0 fully saturated rings. The molecule has 0 spiro atoms. The molecule has 0 aliphatic rings. The predicted octanol–water partition coefficient (Wildman–Crippen LogP) is 1.72. The topological polar surface area (TPSA) is 102 Å². The van der Waals surface area contributed by atoms with Crippen molar-refractivity contribution in [2.75, 3.05) is 5.32 Å². The lowest BCUT2D eigenvalue weighted by atomic mass is 10.1. The molecule has 2 rings (SSSR count). The molecule has 1 aromatic carbocycles. The molecule has 8 heteroatoms. The van der Waals surface area contributed by atoms with E-state index in [4.69, 9.17) is 5.14 Å². The Labute approximate surface area is 120 Å². The molecule has 2 aromatic rings. The molecule has 0 aliphatic carbocycles. The van der Waals surface area contributed by atoms with Gasteiger partial charge in [0.2, 0.25) is 15.9 Å². The number of nitrogens with one attached hydrogen (secondary N) is 1. The first kappa shape index (κ1) is 14.6. The van der Waals surface area contributed by atoms with Gasteiger partial charge in [-0.25, -0.2) is 18.5 Å². The number of carbonyl (C=O) groups excluding carboxylic acids is 1. The van der Waals surface area contributed by atoms with Gasteiger partial charge in [-0.1, -0.05) is 6.07 Å². The first-order valence-corrected chi connectivity index (χ1v) is 8.06. The summed E-state index contributed by atoms with van der Waals surface area (Å²) in [6.07, 6.45) is 0. The summed E-state index contributed by atoms with van der Waals surface area (Å²) in [5.74, 6) is -0.285. The molecule has 0 saturated carbocycles.